The highest BCUT2D eigenvalue weighted by molar-refractivity contribution is 6.29. The van der Waals surface area contributed by atoms with E-state index in [9.17, 15) is 9.90 Å². The fraction of sp³-hybridized carbons (Fsp3) is 0.560. The van der Waals surface area contributed by atoms with E-state index in [4.69, 9.17) is 11.6 Å². The summed E-state index contributed by atoms with van der Waals surface area (Å²) in [6.07, 6.45) is 8.10. The Morgan fingerprint density at radius 1 is 1.19 bits per heavy atom. The average molecular weight is 459 g/mol. The molecule has 0 radical (unpaired) electrons. The molecule has 7 heteroatoms. The van der Waals surface area contributed by atoms with Crippen molar-refractivity contribution in [2.75, 3.05) is 16.8 Å². The standard InChI is InChI=1S/C25H35ClN4O2/c1-16(2)15-30(20-8-5-17(3)6-9-20)22-10-7-19(18(4)11-25(31)32)12-21(22)29-24-14-27-23(26)13-28-24/h7,10,12-14,16-18,20H,5-6,8-9,11,15H2,1-4H3,(H,28,29)(H,31,32). The summed E-state index contributed by atoms with van der Waals surface area (Å²) in [7, 11) is 0. The van der Waals surface area contributed by atoms with Crippen LogP contribution in [0.5, 0.6) is 0 Å². The third-order valence-corrected chi connectivity index (χ3v) is 6.45. The van der Waals surface area contributed by atoms with Crippen LogP contribution in [0, 0.1) is 11.8 Å². The first kappa shape index (κ1) is 24.3. The van der Waals surface area contributed by atoms with Crippen LogP contribution < -0.4 is 10.2 Å². The summed E-state index contributed by atoms with van der Waals surface area (Å²) in [6.45, 7) is 9.75. The van der Waals surface area contributed by atoms with Gasteiger partial charge in [-0.1, -0.05) is 45.4 Å². The molecule has 1 heterocycles. The summed E-state index contributed by atoms with van der Waals surface area (Å²) < 4.78 is 0. The van der Waals surface area contributed by atoms with Crippen molar-refractivity contribution in [1.29, 1.82) is 0 Å². The van der Waals surface area contributed by atoms with Crippen molar-refractivity contribution < 1.29 is 9.90 Å². The predicted octanol–water partition coefficient (Wildman–Crippen LogP) is 6.49. The van der Waals surface area contributed by atoms with E-state index in [2.05, 4.69) is 59.2 Å². The maximum Gasteiger partial charge on any atom is 0.303 e. The summed E-state index contributed by atoms with van der Waals surface area (Å²) in [4.78, 5) is 22.3. The zero-order chi connectivity index (χ0) is 23.3. The lowest BCUT2D eigenvalue weighted by atomic mass is 9.86. The zero-order valence-electron chi connectivity index (χ0n) is 19.5. The number of benzene rings is 1. The van der Waals surface area contributed by atoms with Gasteiger partial charge in [-0.25, -0.2) is 9.97 Å². The molecule has 1 fully saturated rings. The van der Waals surface area contributed by atoms with Gasteiger partial charge in [-0.05, 0) is 61.1 Å². The lowest BCUT2D eigenvalue weighted by Crippen LogP contribution is -2.40. The smallest absolute Gasteiger partial charge is 0.303 e. The molecule has 174 valence electrons. The molecule has 0 spiro atoms. The predicted molar refractivity (Wildman–Crippen MR) is 131 cm³/mol. The van der Waals surface area contributed by atoms with E-state index >= 15 is 0 Å². The van der Waals surface area contributed by atoms with E-state index in [1.165, 1.54) is 31.9 Å². The Balaban J connectivity index is 1.99. The van der Waals surface area contributed by atoms with E-state index in [1.807, 2.05) is 6.92 Å². The van der Waals surface area contributed by atoms with Gasteiger partial charge in [0, 0.05) is 12.6 Å². The van der Waals surface area contributed by atoms with Crippen LogP contribution >= 0.6 is 11.6 Å². The number of carboxylic acid groups (broad SMARTS) is 1. The first-order valence-corrected chi connectivity index (χ1v) is 12.0. The molecule has 1 aliphatic rings. The number of halogens is 1. The van der Waals surface area contributed by atoms with Crippen molar-refractivity contribution in [2.45, 2.75) is 71.8 Å². The second kappa shape index (κ2) is 11.0. The first-order valence-electron chi connectivity index (χ1n) is 11.6. The van der Waals surface area contributed by atoms with E-state index in [0.29, 0.717) is 22.9 Å². The molecule has 1 aromatic heterocycles. The molecular formula is C25H35ClN4O2. The number of nitrogens with one attached hydrogen (secondary N) is 1. The van der Waals surface area contributed by atoms with Gasteiger partial charge in [0.15, 0.2) is 0 Å². The minimum atomic E-state index is -0.794. The highest BCUT2D eigenvalue weighted by atomic mass is 35.5. The minimum Gasteiger partial charge on any atom is -0.481 e. The normalized spacial score (nSPS) is 19.6. The molecule has 1 atom stereocenters. The summed E-state index contributed by atoms with van der Waals surface area (Å²) in [6, 6.07) is 6.77. The summed E-state index contributed by atoms with van der Waals surface area (Å²) >= 11 is 5.92. The third kappa shape index (κ3) is 6.58. The van der Waals surface area contributed by atoms with Gasteiger partial charge in [0.25, 0.3) is 0 Å². The molecule has 1 aliphatic carbocycles. The van der Waals surface area contributed by atoms with E-state index in [1.54, 1.807) is 6.20 Å². The maximum absolute atomic E-state index is 11.3. The summed E-state index contributed by atoms with van der Waals surface area (Å²) in [5.74, 6) is 1.03. The Kier molecular flexibility index (Phi) is 8.35. The van der Waals surface area contributed by atoms with E-state index in [0.717, 1.165) is 29.4 Å². The van der Waals surface area contributed by atoms with Gasteiger partial charge in [-0.15, -0.1) is 0 Å². The number of nitrogens with zero attached hydrogens (tertiary/aromatic N) is 3. The number of rotatable bonds is 9. The largest absolute Gasteiger partial charge is 0.481 e. The third-order valence-electron chi connectivity index (χ3n) is 6.25. The van der Waals surface area contributed by atoms with Crippen molar-refractivity contribution in [3.05, 3.63) is 41.3 Å². The zero-order valence-corrected chi connectivity index (χ0v) is 20.3. The molecule has 2 aromatic rings. The van der Waals surface area contributed by atoms with Crippen molar-refractivity contribution in [2.24, 2.45) is 11.8 Å². The molecule has 1 saturated carbocycles. The van der Waals surface area contributed by atoms with Crippen LogP contribution in [-0.4, -0.2) is 33.6 Å². The van der Waals surface area contributed by atoms with Gasteiger partial charge in [0.05, 0.1) is 30.2 Å². The van der Waals surface area contributed by atoms with Crippen LogP contribution in [0.15, 0.2) is 30.6 Å². The molecule has 0 amide bonds. The summed E-state index contributed by atoms with van der Waals surface area (Å²) in [5, 5.41) is 13.0. The van der Waals surface area contributed by atoms with Crippen LogP contribution in [0.25, 0.3) is 0 Å². The molecule has 3 rings (SSSR count). The minimum absolute atomic E-state index is 0.0903. The van der Waals surface area contributed by atoms with Gasteiger partial charge in [0.2, 0.25) is 0 Å². The Bertz CT molecular complexity index is 895. The first-order chi connectivity index (χ1) is 15.2. The molecule has 2 N–H and O–H groups in total. The second-order valence-electron chi connectivity index (χ2n) is 9.58. The van der Waals surface area contributed by atoms with E-state index < -0.39 is 5.97 Å². The molecule has 1 unspecified atom stereocenters. The topological polar surface area (TPSA) is 78.4 Å². The number of carbonyl (C=O) groups is 1. The van der Waals surface area contributed by atoms with Gasteiger partial charge in [0.1, 0.15) is 11.0 Å². The highest BCUT2D eigenvalue weighted by Crippen LogP contribution is 2.37. The van der Waals surface area contributed by atoms with Crippen molar-refractivity contribution >= 4 is 34.8 Å². The number of hydrogen-bond acceptors (Lipinski definition) is 5. The molecule has 32 heavy (non-hydrogen) atoms. The van der Waals surface area contributed by atoms with Crippen LogP contribution in [0.2, 0.25) is 5.15 Å². The van der Waals surface area contributed by atoms with Crippen LogP contribution in [0.1, 0.15) is 71.3 Å². The molecular weight excluding hydrogens is 424 g/mol. The highest BCUT2D eigenvalue weighted by Gasteiger charge is 2.27. The Hall–Kier alpha value is -2.34. The molecule has 1 aromatic carbocycles. The van der Waals surface area contributed by atoms with Crippen molar-refractivity contribution in [3.63, 3.8) is 0 Å². The van der Waals surface area contributed by atoms with Crippen LogP contribution in [0.3, 0.4) is 0 Å². The lowest BCUT2D eigenvalue weighted by Gasteiger charge is -2.40. The SMILES string of the molecule is CC(C)CN(c1ccc(C(C)CC(=O)O)cc1Nc1cnc(Cl)cn1)C1CCC(C)CC1. The molecule has 0 bridgehead atoms. The molecule has 0 saturated heterocycles. The second-order valence-corrected chi connectivity index (χ2v) is 9.97. The molecule has 6 nitrogen and oxygen atoms in total. The van der Waals surface area contributed by atoms with Gasteiger partial charge >= 0.3 is 5.97 Å². The monoisotopic (exact) mass is 458 g/mol. The van der Waals surface area contributed by atoms with Gasteiger partial charge in [-0.2, -0.15) is 0 Å². The Morgan fingerprint density at radius 2 is 1.91 bits per heavy atom. The number of anilines is 3. The van der Waals surface area contributed by atoms with Crippen molar-refractivity contribution in [3.8, 4) is 0 Å². The Morgan fingerprint density at radius 3 is 2.50 bits per heavy atom. The fourth-order valence-electron chi connectivity index (χ4n) is 4.50. The quantitative estimate of drug-likeness (QED) is 0.447. The number of aromatic nitrogens is 2. The lowest BCUT2D eigenvalue weighted by molar-refractivity contribution is -0.137. The van der Waals surface area contributed by atoms with Gasteiger partial charge < -0.3 is 15.3 Å². The molecule has 0 aliphatic heterocycles. The summed E-state index contributed by atoms with van der Waals surface area (Å²) in [5.41, 5.74) is 3.04. The number of aliphatic carboxylic acids is 1. The van der Waals surface area contributed by atoms with Gasteiger partial charge in [-0.3, -0.25) is 4.79 Å². The number of hydrogen-bond donors (Lipinski definition) is 2. The van der Waals surface area contributed by atoms with E-state index in [-0.39, 0.29) is 12.3 Å². The van der Waals surface area contributed by atoms with Crippen LogP contribution in [0.4, 0.5) is 17.2 Å². The van der Waals surface area contributed by atoms with Crippen LogP contribution in [-0.2, 0) is 4.79 Å². The average Bonchev–Trinajstić information content (AvgIpc) is 2.74. The fourth-order valence-corrected chi connectivity index (χ4v) is 4.59. The number of carboxylic acids is 1. The maximum atomic E-state index is 11.3. The Labute approximate surface area is 196 Å². The van der Waals surface area contributed by atoms with Crippen molar-refractivity contribution in [1.82, 2.24) is 9.97 Å².